The van der Waals surface area contributed by atoms with Gasteiger partial charge in [-0.25, -0.2) is 0 Å². The van der Waals surface area contributed by atoms with Crippen LogP contribution in [0.25, 0.3) is 0 Å². The Bertz CT molecular complexity index is 316. The standard InChI is InChI=1S/C12H16O2/c1-4-7-14-12-6-5-11(10(3)13)8-9(12)2/h4-6,8,10,13H,1,7H2,2-3H3/t10-/m1/s1. The molecule has 0 saturated carbocycles. The van der Waals surface area contributed by atoms with E-state index >= 15 is 0 Å². The van der Waals surface area contributed by atoms with E-state index in [0.29, 0.717) is 6.61 Å². The average molecular weight is 192 g/mol. The van der Waals surface area contributed by atoms with Crippen LogP contribution in [-0.4, -0.2) is 11.7 Å². The molecule has 0 aromatic heterocycles. The molecule has 0 spiro atoms. The van der Waals surface area contributed by atoms with Gasteiger partial charge in [0.15, 0.2) is 0 Å². The Labute approximate surface area is 84.8 Å². The van der Waals surface area contributed by atoms with E-state index in [1.54, 1.807) is 13.0 Å². The van der Waals surface area contributed by atoms with E-state index in [1.807, 2.05) is 25.1 Å². The summed E-state index contributed by atoms with van der Waals surface area (Å²) in [6.07, 6.45) is 1.28. The third-order valence-electron chi connectivity index (χ3n) is 2.04. The number of ether oxygens (including phenoxy) is 1. The highest BCUT2D eigenvalue weighted by Crippen LogP contribution is 2.22. The first kappa shape index (κ1) is 10.8. The molecule has 0 saturated heterocycles. The Morgan fingerprint density at radius 2 is 2.29 bits per heavy atom. The van der Waals surface area contributed by atoms with Gasteiger partial charge in [-0.2, -0.15) is 0 Å². The molecule has 1 N–H and O–H groups in total. The van der Waals surface area contributed by atoms with E-state index in [4.69, 9.17) is 4.74 Å². The van der Waals surface area contributed by atoms with Gasteiger partial charge in [-0.15, -0.1) is 0 Å². The number of hydrogen-bond donors (Lipinski definition) is 1. The summed E-state index contributed by atoms with van der Waals surface area (Å²) in [4.78, 5) is 0. The summed E-state index contributed by atoms with van der Waals surface area (Å²) >= 11 is 0. The summed E-state index contributed by atoms with van der Waals surface area (Å²) in [5, 5.41) is 9.36. The van der Waals surface area contributed by atoms with E-state index in [0.717, 1.165) is 16.9 Å². The van der Waals surface area contributed by atoms with E-state index in [9.17, 15) is 5.11 Å². The van der Waals surface area contributed by atoms with Gasteiger partial charge < -0.3 is 9.84 Å². The third-order valence-corrected chi connectivity index (χ3v) is 2.04. The fraction of sp³-hybridized carbons (Fsp3) is 0.333. The largest absolute Gasteiger partial charge is 0.489 e. The van der Waals surface area contributed by atoms with Gasteiger partial charge in [0.2, 0.25) is 0 Å². The number of rotatable bonds is 4. The Hall–Kier alpha value is -1.28. The number of benzene rings is 1. The van der Waals surface area contributed by atoms with Crippen molar-refractivity contribution in [3.63, 3.8) is 0 Å². The molecular formula is C12H16O2. The zero-order valence-electron chi connectivity index (χ0n) is 8.66. The van der Waals surface area contributed by atoms with Crippen LogP contribution < -0.4 is 4.74 Å². The molecule has 1 rings (SSSR count). The second-order valence-corrected chi connectivity index (χ2v) is 3.30. The fourth-order valence-corrected chi connectivity index (χ4v) is 1.24. The van der Waals surface area contributed by atoms with Crippen LogP contribution in [0, 0.1) is 6.92 Å². The average Bonchev–Trinajstić information content (AvgIpc) is 2.15. The summed E-state index contributed by atoms with van der Waals surface area (Å²) in [6, 6.07) is 5.68. The van der Waals surface area contributed by atoms with Gasteiger partial charge in [0, 0.05) is 0 Å². The maximum absolute atomic E-state index is 9.36. The molecule has 14 heavy (non-hydrogen) atoms. The van der Waals surface area contributed by atoms with Crippen molar-refractivity contribution in [2.45, 2.75) is 20.0 Å². The summed E-state index contributed by atoms with van der Waals surface area (Å²) in [6.45, 7) is 7.81. The van der Waals surface area contributed by atoms with Crippen LogP contribution in [0.2, 0.25) is 0 Å². The van der Waals surface area contributed by atoms with Crippen molar-refractivity contribution < 1.29 is 9.84 Å². The minimum atomic E-state index is -0.429. The first-order valence-electron chi connectivity index (χ1n) is 4.67. The lowest BCUT2D eigenvalue weighted by molar-refractivity contribution is 0.199. The highest BCUT2D eigenvalue weighted by Gasteiger charge is 2.04. The number of aryl methyl sites for hydroxylation is 1. The topological polar surface area (TPSA) is 29.5 Å². The quantitative estimate of drug-likeness (QED) is 0.743. The molecule has 0 aliphatic rings. The fourth-order valence-electron chi connectivity index (χ4n) is 1.24. The van der Waals surface area contributed by atoms with E-state index < -0.39 is 6.10 Å². The number of aliphatic hydroxyl groups is 1. The smallest absolute Gasteiger partial charge is 0.122 e. The normalized spacial score (nSPS) is 12.2. The van der Waals surface area contributed by atoms with Crippen molar-refractivity contribution in [2.24, 2.45) is 0 Å². The van der Waals surface area contributed by atoms with Gasteiger partial charge in [-0.05, 0) is 37.1 Å². The van der Waals surface area contributed by atoms with Crippen LogP contribution in [0.4, 0.5) is 0 Å². The predicted octanol–water partition coefficient (Wildman–Crippen LogP) is 2.61. The third kappa shape index (κ3) is 2.60. The Morgan fingerprint density at radius 3 is 2.79 bits per heavy atom. The van der Waals surface area contributed by atoms with Crippen LogP contribution in [0.3, 0.4) is 0 Å². The summed E-state index contributed by atoms with van der Waals surface area (Å²) in [5.74, 6) is 0.842. The molecule has 1 aromatic carbocycles. The van der Waals surface area contributed by atoms with Gasteiger partial charge in [0.25, 0.3) is 0 Å². The first-order chi connectivity index (χ1) is 6.65. The maximum atomic E-state index is 9.36. The number of aliphatic hydroxyl groups excluding tert-OH is 1. The molecule has 0 bridgehead atoms. The molecule has 1 atom stereocenters. The lowest BCUT2D eigenvalue weighted by Crippen LogP contribution is -1.97. The zero-order valence-corrected chi connectivity index (χ0v) is 8.66. The van der Waals surface area contributed by atoms with E-state index in [1.165, 1.54) is 0 Å². The lowest BCUT2D eigenvalue weighted by atomic mass is 10.1. The van der Waals surface area contributed by atoms with Crippen molar-refractivity contribution in [3.05, 3.63) is 42.0 Å². The van der Waals surface area contributed by atoms with Gasteiger partial charge in [-0.1, -0.05) is 18.7 Å². The molecule has 2 heteroatoms. The van der Waals surface area contributed by atoms with Crippen LogP contribution in [-0.2, 0) is 0 Å². The Kier molecular flexibility index (Phi) is 3.72. The van der Waals surface area contributed by atoms with E-state index in [2.05, 4.69) is 6.58 Å². The summed E-state index contributed by atoms with van der Waals surface area (Å²) in [7, 11) is 0. The van der Waals surface area contributed by atoms with Crippen molar-refractivity contribution in [2.75, 3.05) is 6.61 Å². The molecule has 0 unspecified atom stereocenters. The van der Waals surface area contributed by atoms with Crippen molar-refractivity contribution >= 4 is 0 Å². The molecular weight excluding hydrogens is 176 g/mol. The predicted molar refractivity (Wildman–Crippen MR) is 57.5 cm³/mol. The molecule has 0 fully saturated rings. The minimum Gasteiger partial charge on any atom is -0.489 e. The van der Waals surface area contributed by atoms with Crippen LogP contribution in [0.5, 0.6) is 5.75 Å². The van der Waals surface area contributed by atoms with Gasteiger partial charge in [-0.3, -0.25) is 0 Å². The summed E-state index contributed by atoms with van der Waals surface area (Å²) < 4.78 is 5.42. The second kappa shape index (κ2) is 4.82. The molecule has 76 valence electrons. The molecule has 0 aliphatic carbocycles. The van der Waals surface area contributed by atoms with Gasteiger partial charge in [0.1, 0.15) is 12.4 Å². The second-order valence-electron chi connectivity index (χ2n) is 3.30. The molecule has 0 radical (unpaired) electrons. The highest BCUT2D eigenvalue weighted by atomic mass is 16.5. The number of hydrogen-bond acceptors (Lipinski definition) is 2. The lowest BCUT2D eigenvalue weighted by Gasteiger charge is -2.10. The molecule has 0 heterocycles. The maximum Gasteiger partial charge on any atom is 0.122 e. The zero-order chi connectivity index (χ0) is 10.6. The van der Waals surface area contributed by atoms with Crippen LogP contribution in [0.15, 0.2) is 30.9 Å². The Morgan fingerprint density at radius 1 is 1.57 bits per heavy atom. The highest BCUT2D eigenvalue weighted by molar-refractivity contribution is 5.37. The minimum absolute atomic E-state index is 0.429. The van der Waals surface area contributed by atoms with E-state index in [-0.39, 0.29) is 0 Å². The van der Waals surface area contributed by atoms with Crippen molar-refractivity contribution in [3.8, 4) is 5.75 Å². The molecule has 0 amide bonds. The first-order valence-corrected chi connectivity index (χ1v) is 4.67. The molecule has 0 aliphatic heterocycles. The molecule has 2 nitrogen and oxygen atoms in total. The summed E-state index contributed by atoms with van der Waals surface area (Å²) in [5.41, 5.74) is 1.94. The Balaban J connectivity index is 2.84. The SMILES string of the molecule is C=CCOc1ccc([C@@H](C)O)cc1C. The van der Waals surface area contributed by atoms with Crippen molar-refractivity contribution in [1.82, 2.24) is 0 Å². The van der Waals surface area contributed by atoms with Gasteiger partial charge >= 0.3 is 0 Å². The monoisotopic (exact) mass is 192 g/mol. The molecule has 1 aromatic rings. The van der Waals surface area contributed by atoms with Crippen LogP contribution in [0.1, 0.15) is 24.2 Å². The van der Waals surface area contributed by atoms with Gasteiger partial charge in [0.05, 0.1) is 6.10 Å². The van der Waals surface area contributed by atoms with Crippen LogP contribution >= 0.6 is 0 Å². The van der Waals surface area contributed by atoms with Crippen molar-refractivity contribution in [1.29, 1.82) is 0 Å².